The van der Waals surface area contributed by atoms with E-state index in [1.54, 1.807) is 49.4 Å². The first-order chi connectivity index (χ1) is 14.9. The Labute approximate surface area is 178 Å². The van der Waals surface area contributed by atoms with Gasteiger partial charge in [0.15, 0.2) is 12.4 Å². The van der Waals surface area contributed by atoms with Crippen LogP contribution in [0.4, 0.5) is 0 Å². The average Bonchev–Trinajstić information content (AvgIpc) is 3.37. The van der Waals surface area contributed by atoms with Gasteiger partial charge in [-0.1, -0.05) is 48.0 Å². The Bertz CT molecular complexity index is 1250. The van der Waals surface area contributed by atoms with E-state index in [-0.39, 0.29) is 35.3 Å². The molecule has 7 nitrogen and oxygen atoms in total. The lowest BCUT2D eigenvalue weighted by atomic mass is 9.98. The van der Waals surface area contributed by atoms with Crippen LogP contribution in [0.25, 0.3) is 11.5 Å². The summed E-state index contributed by atoms with van der Waals surface area (Å²) in [5.41, 5.74) is 2.68. The molecule has 4 rings (SSSR count). The van der Waals surface area contributed by atoms with Crippen molar-refractivity contribution in [2.45, 2.75) is 27.4 Å². The molecule has 0 bridgehead atoms. The van der Waals surface area contributed by atoms with Gasteiger partial charge in [0.25, 0.3) is 11.8 Å². The largest absolute Gasteiger partial charge is 0.466 e. The molecule has 2 heterocycles. The predicted octanol–water partition coefficient (Wildman–Crippen LogP) is 4.84. The van der Waals surface area contributed by atoms with E-state index in [1.165, 1.54) is 0 Å². The monoisotopic (exact) mass is 416 g/mol. The molecule has 0 fully saturated rings. The fraction of sp³-hybridized carbons (Fsp3) is 0.167. The normalized spacial score (nSPS) is 10.8. The molecule has 4 aromatic rings. The number of benzene rings is 2. The number of nitrogens with zero attached hydrogens (tertiary/aromatic N) is 2. The second-order valence-electron chi connectivity index (χ2n) is 7.14. The van der Waals surface area contributed by atoms with Crippen LogP contribution in [-0.4, -0.2) is 21.9 Å². The summed E-state index contributed by atoms with van der Waals surface area (Å²) < 4.78 is 16.4. The third kappa shape index (κ3) is 4.30. The van der Waals surface area contributed by atoms with Gasteiger partial charge in [-0.05, 0) is 32.9 Å². The summed E-state index contributed by atoms with van der Waals surface area (Å²) in [5.74, 6) is 0.922. The maximum atomic E-state index is 12.9. The number of aromatic nitrogens is 2. The Kier molecular flexibility index (Phi) is 5.49. The van der Waals surface area contributed by atoms with E-state index in [4.69, 9.17) is 13.6 Å². The Morgan fingerprint density at radius 3 is 2.29 bits per heavy atom. The molecule has 0 radical (unpaired) electrons. The zero-order valence-electron chi connectivity index (χ0n) is 17.3. The van der Waals surface area contributed by atoms with E-state index in [2.05, 4.69) is 10.2 Å². The first-order valence-electron chi connectivity index (χ1n) is 9.69. The molecule has 0 saturated carbocycles. The number of ether oxygens (including phenoxy) is 1. The number of ketones is 1. The minimum absolute atomic E-state index is 0.143. The average molecular weight is 416 g/mol. The summed E-state index contributed by atoms with van der Waals surface area (Å²) in [5, 5.41) is 7.90. The maximum Gasteiger partial charge on any atom is 0.339 e. The van der Waals surface area contributed by atoms with Crippen LogP contribution in [-0.2, 0) is 11.3 Å². The van der Waals surface area contributed by atoms with Crippen molar-refractivity contribution in [2.24, 2.45) is 0 Å². The third-order valence-corrected chi connectivity index (χ3v) is 4.77. The van der Waals surface area contributed by atoms with Crippen LogP contribution in [0.3, 0.4) is 0 Å². The number of esters is 1. The van der Waals surface area contributed by atoms with Crippen LogP contribution >= 0.6 is 0 Å². The summed E-state index contributed by atoms with van der Waals surface area (Å²) in [6, 6.07) is 15.5. The molecular formula is C24H20N2O5. The summed E-state index contributed by atoms with van der Waals surface area (Å²) >= 11 is 0. The zero-order valence-corrected chi connectivity index (χ0v) is 17.3. The van der Waals surface area contributed by atoms with Gasteiger partial charge in [0.05, 0.1) is 11.1 Å². The maximum absolute atomic E-state index is 12.9. The van der Waals surface area contributed by atoms with Crippen LogP contribution in [0.1, 0.15) is 49.3 Å². The van der Waals surface area contributed by atoms with Crippen molar-refractivity contribution in [1.82, 2.24) is 10.2 Å². The topological polar surface area (TPSA) is 95.4 Å². The summed E-state index contributed by atoms with van der Waals surface area (Å²) in [7, 11) is 0. The molecular weight excluding hydrogens is 396 g/mol. The number of rotatable bonds is 6. The summed E-state index contributed by atoms with van der Waals surface area (Å²) in [4.78, 5) is 25.6. The number of hydrogen-bond donors (Lipinski definition) is 0. The molecule has 0 amide bonds. The van der Waals surface area contributed by atoms with E-state index in [0.717, 1.165) is 11.3 Å². The lowest BCUT2D eigenvalue weighted by molar-refractivity contribution is 0.0436. The second kappa shape index (κ2) is 8.39. The molecule has 0 N–H and O–H groups in total. The smallest absolute Gasteiger partial charge is 0.339 e. The SMILES string of the molecule is Cc1ccc(C(=O)c2ccccc2C(=O)OCc2nnc(-c3cc(C)oc3C)o2)cc1. The lowest BCUT2D eigenvalue weighted by Gasteiger charge is -2.08. The van der Waals surface area contributed by atoms with Gasteiger partial charge in [-0.2, -0.15) is 0 Å². The van der Waals surface area contributed by atoms with Crippen LogP contribution < -0.4 is 0 Å². The molecule has 0 aliphatic rings. The molecule has 0 aliphatic heterocycles. The highest BCUT2D eigenvalue weighted by molar-refractivity contribution is 6.14. The minimum Gasteiger partial charge on any atom is -0.466 e. The zero-order chi connectivity index (χ0) is 22.0. The fourth-order valence-electron chi connectivity index (χ4n) is 3.19. The third-order valence-electron chi connectivity index (χ3n) is 4.77. The molecule has 0 spiro atoms. The molecule has 31 heavy (non-hydrogen) atoms. The molecule has 0 atom stereocenters. The van der Waals surface area contributed by atoms with Crippen LogP contribution in [0.5, 0.6) is 0 Å². The summed E-state index contributed by atoms with van der Waals surface area (Å²) in [6.07, 6.45) is 0. The second-order valence-corrected chi connectivity index (χ2v) is 7.14. The number of carbonyl (C=O) groups excluding carboxylic acids is 2. The molecule has 7 heteroatoms. The molecule has 0 aliphatic carbocycles. The molecule has 2 aromatic heterocycles. The fourth-order valence-corrected chi connectivity index (χ4v) is 3.19. The number of hydrogen-bond acceptors (Lipinski definition) is 7. The minimum atomic E-state index is -0.647. The van der Waals surface area contributed by atoms with Gasteiger partial charge in [-0.3, -0.25) is 4.79 Å². The van der Waals surface area contributed by atoms with Crippen molar-refractivity contribution in [3.63, 3.8) is 0 Å². The van der Waals surface area contributed by atoms with Gasteiger partial charge in [0, 0.05) is 11.1 Å². The van der Waals surface area contributed by atoms with Gasteiger partial charge >= 0.3 is 5.97 Å². The van der Waals surface area contributed by atoms with Gasteiger partial charge in [0.1, 0.15) is 11.5 Å². The molecule has 2 aromatic carbocycles. The Morgan fingerprint density at radius 2 is 1.61 bits per heavy atom. The Morgan fingerprint density at radius 1 is 0.903 bits per heavy atom. The van der Waals surface area contributed by atoms with Crippen molar-refractivity contribution in [2.75, 3.05) is 0 Å². The van der Waals surface area contributed by atoms with Crippen LogP contribution in [0.2, 0.25) is 0 Å². The van der Waals surface area contributed by atoms with Crippen molar-refractivity contribution in [1.29, 1.82) is 0 Å². The van der Waals surface area contributed by atoms with E-state index in [0.29, 0.717) is 16.9 Å². The molecule has 0 unspecified atom stereocenters. The van der Waals surface area contributed by atoms with Gasteiger partial charge in [0.2, 0.25) is 0 Å². The van der Waals surface area contributed by atoms with Crippen molar-refractivity contribution < 1.29 is 23.2 Å². The Hall–Kier alpha value is -4.00. The van der Waals surface area contributed by atoms with E-state index in [9.17, 15) is 9.59 Å². The van der Waals surface area contributed by atoms with Crippen molar-refractivity contribution in [3.8, 4) is 11.5 Å². The first kappa shape index (κ1) is 20.3. The highest BCUT2D eigenvalue weighted by Crippen LogP contribution is 2.25. The van der Waals surface area contributed by atoms with E-state index in [1.807, 2.05) is 26.0 Å². The van der Waals surface area contributed by atoms with Gasteiger partial charge < -0.3 is 13.6 Å². The molecule has 0 saturated heterocycles. The van der Waals surface area contributed by atoms with Crippen molar-refractivity contribution >= 4 is 11.8 Å². The lowest BCUT2D eigenvalue weighted by Crippen LogP contribution is -2.12. The van der Waals surface area contributed by atoms with E-state index >= 15 is 0 Å². The highest BCUT2D eigenvalue weighted by Gasteiger charge is 2.20. The highest BCUT2D eigenvalue weighted by atomic mass is 16.5. The first-order valence-corrected chi connectivity index (χ1v) is 9.69. The van der Waals surface area contributed by atoms with Gasteiger partial charge in [-0.25, -0.2) is 4.79 Å². The standard InChI is InChI=1S/C24H20N2O5/c1-14-8-10-17(11-9-14)22(27)18-6-4-5-7-19(18)24(28)29-13-21-25-26-23(31-21)20-12-15(2)30-16(20)3/h4-12H,13H2,1-3H3. The van der Waals surface area contributed by atoms with Crippen LogP contribution in [0, 0.1) is 20.8 Å². The van der Waals surface area contributed by atoms with Crippen molar-refractivity contribution in [3.05, 3.63) is 94.3 Å². The quantitative estimate of drug-likeness (QED) is 0.328. The predicted molar refractivity (Wildman–Crippen MR) is 112 cm³/mol. The van der Waals surface area contributed by atoms with Crippen LogP contribution in [0.15, 0.2) is 63.4 Å². The Balaban J connectivity index is 1.49. The number of carbonyl (C=O) groups is 2. The van der Waals surface area contributed by atoms with Gasteiger partial charge in [-0.15, -0.1) is 10.2 Å². The summed E-state index contributed by atoms with van der Waals surface area (Å²) in [6.45, 7) is 5.35. The van der Waals surface area contributed by atoms with E-state index < -0.39 is 5.97 Å². The molecule has 156 valence electrons. The number of furan rings is 1. The number of aryl methyl sites for hydroxylation is 3.